The van der Waals surface area contributed by atoms with Crippen molar-refractivity contribution in [3.63, 3.8) is 0 Å². The van der Waals surface area contributed by atoms with Crippen LogP contribution in [0.3, 0.4) is 0 Å². The van der Waals surface area contributed by atoms with E-state index in [1.54, 1.807) is 36.4 Å². The van der Waals surface area contributed by atoms with Gasteiger partial charge in [-0.05, 0) is 13.8 Å². The van der Waals surface area contributed by atoms with Crippen molar-refractivity contribution in [2.24, 2.45) is 0 Å². The molecule has 5 heteroatoms. The molecule has 25 heavy (non-hydrogen) atoms. The van der Waals surface area contributed by atoms with E-state index >= 15 is 0 Å². The normalized spacial score (nSPS) is 10.1. The van der Waals surface area contributed by atoms with Crippen LogP contribution in [0.2, 0.25) is 0 Å². The Bertz CT molecular complexity index is 619. The molecule has 0 saturated carbocycles. The zero-order valence-electron chi connectivity index (χ0n) is 14.6. The van der Waals surface area contributed by atoms with Gasteiger partial charge < -0.3 is 14.6 Å². The Kier molecular flexibility index (Phi) is 10.0. The molecule has 0 aliphatic rings. The second-order valence-corrected chi connectivity index (χ2v) is 4.92. The molecule has 0 spiro atoms. The van der Waals surface area contributed by atoms with E-state index in [-0.39, 0.29) is 11.6 Å². The molecule has 0 aromatic heterocycles. The molecule has 0 aliphatic heterocycles. The average Bonchev–Trinajstić information content (AvgIpc) is 2.68. The van der Waals surface area contributed by atoms with Crippen LogP contribution in [-0.2, 0) is 9.47 Å². The maximum absolute atomic E-state index is 11.9. The number of ketones is 2. The fourth-order valence-electron chi connectivity index (χ4n) is 1.96. The van der Waals surface area contributed by atoms with Crippen LogP contribution in [0.5, 0.6) is 0 Å². The highest BCUT2D eigenvalue weighted by Crippen LogP contribution is 2.07. The summed E-state index contributed by atoms with van der Waals surface area (Å²) in [6.45, 7) is 4.19. The lowest BCUT2D eigenvalue weighted by molar-refractivity contribution is -0.107. The minimum atomic E-state index is -0.776. The van der Waals surface area contributed by atoms with Crippen molar-refractivity contribution >= 4 is 11.6 Å². The van der Waals surface area contributed by atoms with Gasteiger partial charge in [-0.3, -0.25) is 9.59 Å². The molecule has 2 aromatic rings. The first-order valence-electron chi connectivity index (χ1n) is 8.15. The van der Waals surface area contributed by atoms with Gasteiger partial charge in [0.05, 0.1) is 0 Å². The molecule has 5 nitrogen and oxygen atoms in total. The predicted octanol–water partition coefficient (Wildman–Crippen LogP) is 3.13. The van der Waals surface area contributed by atoms with Gasteiger partial charge in [0, 0.05) is 24.3 Å². The Morgan fingerprint density at radius 3 is 1.68 bits per heavy atom. The molecule has 2 rings (SSSR count). The van der Waals surface area contributed by atoms with Crippen LogP contribution in [-0.4, -0.2) is 42.8 Å². The largest absolute Gasteiger partial charge is 0.388 e. The van der Waals surface area contributed by atoms with E-state index in [0.717, 1.165) is 0 Å². The van der Waals surface area contributed by atoms with Crippen LogP contribution in [0, 0.1) is 0 Å². The van der Waals surface area contributed by atoms with Gasteiger partial charge in [0.25, 0.3) is 0 Å². The van der Waals surface area contributed by atoms with Gasteiger partial charge >= 0.3 is 0 Å². The van der Waals surface area contributed by atoms with E-state index in [4.69, 9.17) is 14.6 Å². The van der Waals surface area contributed by atoms with Crippen molar-refractivity contribution in [1.29, 1.82) is 0 Å². The quantitative estimate of drug-likeness (QED) is 0.588. The van der Waals surface area contributed by atoms with Crippen LogP contribution in [0.4, 0.5) is 0 Å². The van der Waals surface area contributed by atoms with Gasteiger partial charge in [-0.15, -0.1) is 0 Å². The topological polar surface area (TPSA) is 72.8 Å². The highest BCUT2D eigenvalue weighted by Gasteiger charge is 2.19. The van der Waals surface area contributed by atoms with Gasteiger partial charge in [0.2, 0.25) is 12.1 Å². The third kappa shape index (κ3) is 7.39. The van der Waals surface area contributed by atoms with Crippen LogP contribution in [0.25, 0.3) is 0 Å². The average molecular weight is 344 g/mol. The van der Waals surface area contributed by atoms with Crippen LogP contribution in [0.15, 0.2) is 60.7 Å². The molecule has 0 radical (unpaired) electrons. The van der Waals surface area contributed by atoms with Crippen molar-refractivity contribution < 1.29 is 24.2 Å². The molecule has 0 atom stereocenters. The Labute approximate surface area is 148 Å². The number of aliphatic hydroxyl groups excluding tert-OH is 1. The SMILES string of the molecule is CCOC(OCC)C(=O)c1ccccc1.O=C(CO)c1ccccc1. The number of aliphatic hydroxyl groups is 1. The number of Topliss-reactive ketones (excluding diaryl/α,β-unsaturated/α-hetero) is 2. The van der Waals surface area contributed by atoms with Crippen LogP contribution < -0.4 is 0 Å². The first-order valence-corrected chi connectivity index (χ1v) is 8.15. The first kappa shape index (κ1) is 20.7. The van der Waals surface area contributed by atoms with Gasteiger partial charge in [-0.1, -0.05) is 60.7 Å². The molecule has 0 heterocycles. The number of benzene rings is 2. The fraction of sp³-hybridized carbons (Fsp3) is 0.300. The second-order valence-electron chi connectivity index (χ2n) is 4.92. The Morgan fingerprint density at radius 1 is 0.840 bits per heavy atom. The number of rotatable bonds is 8. The summed E-state index contributed by atoms with van der Waals surface area (Å²) < 4.78 is 10.5. The molecule has 0 unspecified atom stereocenters. The monoisotopic (exact) mass is 344 g/mol. The fourth-order valence-corrected chi connectivity index (χ4v) is 1.96. The third-order valence-electron chi connectivity index (χ3n) is 3.15. The van der Waals surface area contributed by atoms with Gasteiger partial charge in [-0.25, -0.2) is 0 Å². The first-order chi connectivity index (χ1) is 12.1. The van der Waals surface area contributed by atoms with Crippen molar-refractivity contribution in [3.8, 4) is 0 Å². The molecule has 2 aromatic carbocycles. The summed E-state index contributed by atoms with van der Waals surface area (Å²) in [4.78, 5) is 22.6. The number of carbonyl (C=O) groups excluding carboxylic acids is 2. The zero-order chi connectivity index (χ0) is 18.5. The summed E-state index contributed by atoms with van der Waals surface area (Å²) in [6, 6.07) is 17.7. The number of hydrogen-bond acceptors (Lipinski definition) is 5. The maximum Gasteiger partial charge on any atom is 0.222 e. The number of ether oxygens (including phenoxy) is 2. The highest BCUT2D eigenvalue weighted by molar-refractivity contribution is 5.98. The molecule has 0 amide bonds. The van der Waals surface area contributed by atoms with Crippen LogP contribution >= 0.6 is 0 Å². The van der Waals surface area contributed by atoms with Crippen LogP contribution in [0.1, 0.15) is 34.6 Å². The molecule has 0 saturated heterocycles. The van der Waals surface area contributed by atoms with E-state index in [9.17, 15) is 9.59 Å². The minimum absolute atomic E-state index is 0.126. The van der Waals surface area contributed by atoms with Crippen molar-refractivity contribution in [3.05, 3.63) is 71.8 Å². The summed E-state index contributed by atoms with van der Waals surface area (Å²) in [7, 11) is 0. The van der Waals surface area contributed by atoms with Gasteiger partial charge in [-0.2, -0.15) is 0 Å². The third-order valence-corrected chi connectivity index (χ3v) is 3.15. The van der Waals surface area contributed by atoms with E-state index in [2.05, 4.69) is 0 Å². The predicted molar refractivity (Wildman–Crippen MR) is 95.7 cm³/mol. The van der Waals surface area contributed by atoms with Gasteiger partial charge in [0.15, 0.2) is 5.78 Å². The van der Waals surface area contributed by atoms with E-state index in [1.165, 1.54) is 0 Å². The minimum Gasteiger partial charge on any atom is -0.388 e. The Hall–Kier alpha value is -2.34. The Morgan fingerprint density at radius 2 is 1.28 bits per heavy atom. The highest BCUT2D eigenvalue weighted by atomic mass is 16.7. The molecular formula is C20H24O5. The maximum atomic E-state index is 11.9. The molecule has 0 bridgehead atoms. The van der Waals surface area contributed by atoms with Gasteiger partial charge in [0.1, 0.15) is 6.61 Å². The summed E-state index contributed by atoms with van der Waals surface area (Å²) in [5, 5.41) is 8.44. The molecule has 0 fully saturated rings. The smallest absolute Gasteiger partial charge is 0.222 e. The van der Waals surface area contributed by atoms with Crippen molar-refractivity contribution in [1.82, 2.24) is 0 Å². The lowest BCUT2D eigenvalue weighted by atomic mass is 10.1. The molecule has 1 N–H and O–H groups in total. The summed E-state index contributed by atoms with van der Waals surface area (Å²) in [5.74, 6) is -0.361. The Balaban J connectivity index is 0.000000271. The molecule has 0 aliphatic carbocycles. The van der Waals surface area contributed by atoms with E-state index in [1.807, 2.05) is 38.1 Å². The number of hydrogen-bond donors (Lipinski definition) is 1. The number of carbonyl (C=O) groups is 2. The summed E-state index contributed by atoms with van der Waals surface area (Å²) in [5.41, 5.74) is 1.18. The molecule has 134 valence electrons. The standard InChI is InChI=1S/C12H16O3.C8H8O2/c1-3-14-12(15-4-2)11(13)10-8-6-5-7-9-10;9-6-8(10)7-4-2-1-3-5-7/h5-9,12H,3-4H2,1-2H3;1-5,9H,6H2. The van der Waals surface area contributed by atoms with Crippen molar-refractivity contribution in [2.45, 2.75) is 20.1 Å². The molecular weight excluding hydrogens is 320 g/mol. The summed E-state index contributed by atoms with van der Waals surface area (Å²) >= 11 is 0. The summed E-state index contributed by atoms with van der Waals surface area (Å²) in [6.07, 6.45) is -0.776. The second kappa shape index (κ2) is 12.1. The lowest BCUT2D eigenvalue weighted by Crippen LogP contribution is -2.27. The van der Waals surface area contributed by atoms with Crippen molar-refractivity contribution in [2.75, 3.05) is 19.8 Å². The lowest BCUT2D eigenvalue weighted by Gasteiger charge is -2.15. The van der Waals surface area contributed by atoms with E-state index in [0.29, 0.717) is 24.3 Å². The van der Waals surface area contributed by atoms with E-state index < -0.39 is 12.9 Å². The zero-order valence-corrected chi connectivity index (χ0v) is 14.6.